The minimum Gasteiger partial charge on any atom is -0.389 e. The topological polar surface area (TPSA) is 69.1 Å². The predicted octanol–water partition coefficient (Wildman–Crippen LogP) is 0.887. The molecule has 2 unspecified atom stereocenters. The second-order valence-corrected chi connectivity index (χ2v) is 3.74. The fourth-order valence-corrected chi connectivity index (χ4v) is 1.64. The molecule has 0 amide bonds. The van der Waals surface area contributed by atoms with Gasteiger partial charge >= 0.3 is 0 Å². The van der Waals surface area contributed by atoms with Crippen molar-refractivity contribution in [2.45, 2.75) is 12.2 Å². The van der Waals surface area contributed by atoms with Gasteiger partial charge in [0.1, 0.15) is 11.8 Å². The lowest BCUT2D eigenvalue weighted by atomic mass is 10.1. The van der Waals surface area contributed by atoms with Gasteiger partial charge in [-0.1, -0.05) is 0 Å². The lowest BCUT2D eigenvalue weighted by Gasteiger charge is -2.15. The number of aliphatic hydroxyl groups is 2. The number of aromatic nitrogens is 2. The molecule has 0 fully saturated rings. The van der Waals surface area contributed by atoms with Crippen LogP contribution in [-0.4, -0.2) is 32.0 Å². The van der Waals surface area contributed by atoms with Gasteiger partial charge in [-0.3, -0.25) is 0 Å². The van der Waals surface area contributed by atoms with Crippen molar-refractivity contribution < 1.29 is 10.2 Å². The number of hydrogen-bond acceptors (Lipinski definition) is 4. The largest absolute Gasteiger partial charge is 0.389 e. The summed E-state index contributed by atoms with van der Waals surface area (Å²) < 4.78 is 0. The van der Waals surface area contributed by atoms with Crippen molar-refractivity contribution >= 4 is 23.7 Å². The van der Waals surface area contributed by atoms with Crippen molar-refractivity contribution in [1.82, 2.24) is 9.97 Å². The molecule has 0 aliphatic heterocycles. The highest BCUT2D eigenvalue weighted by molar-refractivity contribution is 7.80. The first-order chi connectivity index (χ1) is 7.22. The van der Waals surface area contributed by atoms with E-state index in [1.54, 1.807) is 18.5 Å². The molecule has 0 saturated carbocycles. The van der Waals surface area contributed by atoms with Crippen LogP contribution in [0, 0.1) is 0 Å². The second kappa shape index (κ2) is 4.22. The number of rotatable bonds is 3. The van der Waals surface area contributed by atoms with E-state index in [1.807, 2.05) is 6.07 Å². The molecule has 15 heavy (non-hydrogen) atoms. The third kappa shape index (κ3) is 1.99. The number of nitrogens with zero attached hydrogens (tertiary/aromatic N) is 1. The smallest absolute Gasteiger partial charge is 0.137 e. The number of thiol groups is 1. The minimum absolute atomic E-state index is 0.215. The van der Waals surface area contributed by atoms with Crippen molar-refractivity contribution in [3.8, 4) is 0 Å². The van der Waals surface area contributed by atoms with E-state index in [-0.39, 0.29) is 5.75 Å². The molecule has 2 rings (SSSR count). The van der Waals surface area contributed by atoms with Gasteiger partial charge in [-0.15, -0.1) is 0 Å². The van der Waals surface area contributed by atoms with Crippen LogP contribution in [0.4, 0.5) is 0 Å². The number of aliphatic hydroxyl groups excluding tert-OH is 2. The van der Waals surface area contributed by atoms with Gasteiger partial charge in [0.25, 0.3) is 0 Å². The molecule has 5 heteroatoms. The standard InChI is InChI=1S/C10H12N2O2S/c13-8(5-15)9(14)7-3-6-1-2-11-10(6)12-4-7/h1-4,8-9,13-15H,5H2,(H,11,12). The van der Waals surface area contributed by atoms with Crippen LogP contribution in [0.5, 0.6) is 0 Å². The maximum Gasteiger partial charge on any atom is 0.137 e. The van der Waals surface area contributed by atoms with Crippen molar-refractivity contribution in [1.29, 1.82) is 0 Å². The summed E-state index contributed by atoms with van der Waals surface area (Å²) in [5.41, 5.74) is 1.37. The minimum atomic E-state index is -0.936. The Labute approximate surface area is 92.4 Å². The van der Waals surface area contributed by atoms with Gasteiger partial charge in [-0.2, -0.15) is 12.6 Å². The summed E-state index contributed by atoms with van der Waals surface area (Å²) in [6.45, 7) is 0. The Balaban J connectivity index is 2.35. The van der Waals surface area contributed by atoms with Crippen LogP contribution in [0.25, 0.3) is 11.0 Å². The lowest BCUT2D eigenvalue weighted by Crippen LogP contribution is -2.19. The summed E-state index contributed by atoms with van der Waals surface area (Å²) in [6.07, 6.45) is 1.53. The Hall–Kier alpha value is -1.04. The highest BCUT2D eigenvalue weighted by atomic mass is 32.1. The van der Waals surface area contributed by atoms with Gasteiger partial charge in [-0.05, 0) is 12.1 Å². The van der Waals surface area contributed by atoms with E-state index in [0.29, 0.717) is 5.56 Å². The zero-order valence-electron chi connectivity index (χ0n) is 7.96. The van der Waals surface area contributed by atoms with Gasteiger partial charge in [0.15, 0.2) is 0 Å². The average Bonchev–Trinajstić information content (AvgIpc) is 2.73. The number of nitrogens with one attached hydrogen (secondary N) is 1. The van der Waals surface area contributed by atoms with Crippen LogP contribution >= 0.6 is 12.6 Å². The molecule has 2 atom stereocenters. The number of H-pyrrole nitrogens is 1. The van der Waals surface area contributed by atoms with Crippen LogP contribution in [0.1, 0.15) is 11.7 Å². The van der Waals surface area contributed by atoms with Crippen molar-refractivity contribution in [3.05, 3.63) is 30.1 Å². The molecule has 0 aliphatic carbocycles. The van der Waals surface area contributed by atoms with Gasteiger partial charge in [-0.25, -0.2) is 4.98 Å². The van der Waals surface area contributed by atoms with Crippen LogP contribution in [0.3, 0.4) is 0 Å². The predicted molar refractivity (Wildman–Crippen MR) is 60.9 cm³/mol. The summed E-state index contributed by atoms with van der Waals surface area (Å²) in [6, 6.07) is 3.67. The third-order valence-corrected chi connectivity index (χ3v) is 2.69. The molecule has 2 aromatic heterocycles. The average molecular weight is 224 g/mol. The molecule has 2 aromatic rings. The Morgan fingerprint density at radius 3 is 3.00 bits per heavy atom. The maximum absolute atomic E-state index is 9.74. The summed E-state index contributed by atoms with van der Waals surface area (Å²) in [4.78, 5) is 7.09. The zero-order valence-corrected chi connectivity index (χ0v) is 8.85. The zero-order chi connectivity index (χ0) is 10.8. The van der Waals surface area contributed by atoms with Gasteiger partial charge < -0.3 is 15.2 Å². The fourth-order valence-electron chi connectivity index (χ4n) is 1.44. The Morgan fingerprint density at radius 1 is 1.47 bits per heavy atom. The van der Waals surface area contributed by atoms with Gasteiger partial charge in [0.2, 0.25) is 0 Å². The molecule has 3 N–H and O–H groups in total. The van der Waals surface area contributed by atoms with Crippen LogP contribution < -0.4 is 0 Å². The SMILES string of the molecule is OC(CS)C(O)c1cnc2[nH]ccc2c1. The molecule has 0 aromatic carbocycles. The highest BCUT2D eigenvalue weighted by Gasteiger charge is 2.17. The van der Waals surface area contributed by atoms with E-state index < -0.39 is 12.2 Å². The number of pyridine rings is 1. The highest BCUT2D eigenvalue weighted by Crippen LogP contribution is 2.20. The summed E-state index contributed by atoms with van der Waals surface area (Å²) in [5, 5.41) is 20.1. The van der Waals surface area contributed by atoms with E-state index in [1.165, 1.54) is 0 Å². The maximum atomic E-state index is 9.74. The molecule has 80 valence electrons. The van der Waals surface area contributed by atoms with Crippen LogP contribution in [0.2, 0.25) is 0 Å². The van der Waals surface area contributed by atoms with Crippen LogP contribution in [0.15, 0.2) is 24.5 Å². The number of hydrogen-bond donors (Lipinski definition) is 4. The van der Waals surface area contributed by atoms with E-state index >= 15 is 0 Å². The van der Waals surface area contributed by atoms with Crippen molar-refractivity contribution in [3.63, 3.8) is 0 Å². The van der Waals surface area contributed by atoms with Crippen molar-refractivity contribution in [2.75, 3.05) is 5.75 Å². The first kappa shape index (κ1) is 10.5. The quantitative estimate of drug-likeness (QED) is 0.585. The molecule has 0 aliphatic rings. The molecular formula is C10H12N2O2S. The first-order valence-electron chi connectivity index (χ1n) is 4.62. The normalized spacial score (nSPS) is 15.4. The summed E-state index contributed by atoms with van der Waals surface area (Å²) in [5.74, 6) is 0.215. The molecule has 0 spiro atoms. The van der Waals surface area contributed by atoms with E-state index in [4.69, 9.17) is 0 Å². The Bertz CT molecular complexity index is 457. The molecule has 0 bridgehead atoms. The lowest BCUT2D eigenvalue weighted by molar-refractivity contribution is 0.0336. The Morgan fingerprint density at radius 2 is 2.27 bits per heavy atom. The van der Waals surface area contributed by atoms with Crippen molar-refractivity contribution in [2.24, 2.45) is 0 Å². The van der Waals surface area contributed by atoms with E-state index in [0.717, 1.165) is 11.0 Å². The van der Waals surface area contributed by atoms with E-state index in [2.05, 4.69) is 22.6 Å². The number of aromatic amines is 1. The molecule has 2 heterocycles. The number of fused-ring (bicyclic) bond motifs is 1. The molecule has 0 saturated heterocycles. The third-order valence-electron chi connectivity index (χ3n) is 2.31. The monoisotopic (exact) mass is 224 g/mol. The second-order valence-electron chi connectivity index (χ2n) is 3.38. The molecule has 4 nitrogen and oxygen atoms in total. The van der Waals surface area contributed by atoms with Gasteiger partial charge in [0, 0.05) is 29.1 Å². The summed E-state index contributed by atoms with van der Waals surface area (Å²) >= 11 is 3.93. The molecular weight excluding hydrogens is 212 g/mol. The fraction of sp³-hybridized carbons (Fsp3) is 0.300. The molecule has 0 radical (unpaired) electrons. The summed E-state index contributed by atoms with van der Waals surface area (Å²) in [7, 11) is 0. The van der Waals surface area contributed by atoms with Crippen LogP contribution in [-0.2, 0) is 0 Å². The Kier molecular flexibility index (Phi) is 2.95. The van der Waals surface area contributed by atoms with Gasteiger partial charge in [0.05, 0.1) is 6.10 Å². The first-order valence-corrected chi connectivity index (χ1v) is 5.25. The van der Waals surface area contributed by atoms with E-state index in [9.17, 15) is 10.2 Å².